The number of aromatic nitrogens is 2. The predicted molar refractivity (Wildman–Crippen MR) is 81.9 cm³/mol. The largest absolute Gasteiger partial charge is 0.288 e. The van der Waals surface area contributed by atoms with Crippen LogP contribution >= 0.6 is 11.6 Å². The molecule has 21 heavy (non-hydrogen) atoms. The predicted octanol–water partition coefficient (Wildman–Crippen LogP) is 2.65. The average molecular weight is 328 g/mol. The van der Waals surface area contributed by atoms with E-state index in [1.165, 1.54) is 4.31 Å². The SMILES string of the molecule is CC(C)C1CCN(S(=O)(=O)c2c(Cl)nc3ccccn23)C1. The van der Waals surface area contributed by atoms with E-state index in [-0.39, 0.29) is 10.2 Å². The van der Waals surface area contributed by atoms with Crippen LogP contribution in [0.4, 0.5) is 0 Å². The van der Waals surface area contributed by atoms with E-state index in [9.17, 15) is 8.42 Å². The van der Waals surface area contributed by atoms with Gasteiger partial charge in [0.05, 0.1) is 0 Å². The van der Waals surface area contributed by atoms with Gasteiger partial charge in [0.15, 0.2) is 10.2 Å². The zero-order chi connectivity index (χ0) is 15.2. The molecule has 2 aromatic heterocycles. The highest BCUT2D eigenvalue weighted by Crippen LogP contribution is 2.31. The maximum atomic E-state index is 12.9. The Morgan fingerprint density at radius 2 is 2.14 bits per heavy atom. The third kappa shape index (κ3) is 2.45. The number of nitrogens with zero attached hydrogens (tertiary/aromatic N) is 3. The lowest BCUT2D eigenvalue weighted by Gasteiger charge is -2.18. The molecule has 0 radical (unpaired) electrons. The van der Waals surface area contributed by atoms with E-state index in [1.54, 1.807) is 28.8 Å². The van der Waals surface area contributed by atoms with Crippen molar-refractivity contribution in [3.63, 3.8) is 0 Å². The second-order valence-electron chi connectivity index (χ2n) is 5.79. The summed E-state index contributed by atoms with van der Waals surface area (Å²) in [6.07, 6.45) is 2.57. The topological polar surface area (TPSA) is 54.7 Å². The van der Waals surface area contributed by atoms with Crippen molar-refractivity contribution in [3.8, 4) is 0 Å². The number of hydrogen-bond acceptors (Lipinski definition) is 3. The van der Waals surface area contributed by atoms with Crippen LogP contribution in [0.25, 0.3) is 5.65 Å². The van der Waals surface area contributed by atoms with E-state index in [2.05, 4.69) is 18.8 Å². The van der Waals surface area contributed by atoms with Gasteiger partial charge in [-0.15, -0.1) is 0 Å². The first kappa shape index (κ1) is 14.8. The summed E-state index contributed by atoms with van der Waals surface area (Å²) in [7, 11) is -3.62. The Bertz CT molecular complexity index is 770. The smallest absolute Gasteiger partial charge is 0.262 e. The first-order chi connectivity index (χ1) is 9.91. The van der Waals surface area contributed by atoms with E-state index in [1.807, 2.05) is 0 Å². The maximum absolute atomic E-state index is 12.9. The van der Waals surface area contributed by atoms with Gasteiger partial charge in [0, 0.05) is 19.3 Å². The number of halogens is 1. The van der Waals surface area contributed by atoms with Crippen molar-refractivity contribution < 1.29 is 8.42 Å². The summed E-state index contributed by atoms with van der Waals surface area (Å²) in [5, 5.41) is 0.110. The first-order valence-corrected chi connectivity index (χ1v) is 8.86. The van der Waals surface area contributed by atoms with Crippen molar-refractivity contribution >= 4 is 27.3 Å². The number of pyridine rings is 1. The molecule has 2 aromatic rings. The summed E-state index contributed by atoms with van der Waals surface area (Å²) in [5.74, 6) is 0.876. The molecule has 1 saturated heterocycles. The summed E-state index contributed by atoms with van der Waals surface area (Å²) in [6.45, 7) is 5.35. The Kier molecular flexibility index (Phi) is 3.71. The van der Waals surface area contributed by atoms with Gasteiger partial charge in [-0.3, -0.25) is 4.40 Å². The van der Waals surface area contributed by atoms with Crippen LogP contribution in [0, 0.1) is 11.8 Å². The molecule has 1 aliphatic heterocycles. The molecule has 0 aliphatic carbocycles. The van der Waals surface area contributed by atoms with Crippen LogP contribution in [0.3, 0.4) is 0 Å². The van der Waals surface area contributed by atoms with Crippen LogP contribution in [-0.4, -0.2) is 35.2 Å². The van der Waals surface area contributed by atoms with Crippen LogP contribution in [-0.2, 0) is 10.0 Å². The number of rotatable bonds is 3. The molecular weight excluding hydrogens is 310 g/mol. The number of hydrogen-bond donors (Lipinski definition) is 0. The lowest BCUT2D eigenvalue weighted by atomic mass is 9.96. The minimum Gasteiger partial charge on any atom is -0.288 e. The lowest BCUT2D eigenvalue weighted by Crippen LogP contribution is -2.30. The van der Waals surface area contributed by atoms with Gasteiger partial charge in [-0.1, -0.05) is 31.5 Å². The standard InChI is InChI=1S/C14H18ClN3O2S/c1-10(2)11-6-8-17(9-11)21(19,20)14-13(15)16-12-5-3-4-7-18(12)14/h3-5,7,10-11H,6,8-9H2,1-2H3. The second-order valence-corrected chi connectivity index (χ2v) is 8.00. The molecule has 1 fully saturated rings. The second kappa shape index (κ2) is 5.26. The van der Waals surface area contributed by atoms with Crippen LogP contribution in [0.15, 0.2) is 29.4 Å². The maximum Gasteiger partial charge on any atom is 0.262 e. The molecule has 1 unspecified atom stereocenters. The quantitative estimate of drug-likeness (QED) is 0.871. The number of sulfonamides is 1. The van der Waals surface area contributed by atoms with Gasteiger partial charge in [0.2, 0.25) is 0 Å². The van der Waals surface area contributed by atoms with Gasteiger partial charge in [-0.25, -0.2) is 13.4 Å². The molecule has 0 N–H and O–H groups in total. The van der Waals surface area contributed by atoms with E-state index in [0.717, 1.165) is 6.42 Å². The van der Waals surface area contributed by atoms with Crippen molar-refractivity contribution in [2.75, 3.05) is 13.1 Å². The minimum atomic E-state index is -3.62. The van der Waals surface area contributed by atoms with Gasteiger partial charge in [-0.2, -0.15) is 4.31 Å². The Labute approximate surface area is 129 Å². The molecule has 1 atom stereocenters. The zero-order valence-electron chi connectivity index (χ0n) is 12.0. The van der Waals surface area contributed by atoms with Crippen LogP contribution < -0.4 is 0 Å². The van der Waals surface area contributed by atoms with Gasteiger partial charge >= 0.3 is 0 Å². The molecule has 0 amide bonds. The molecule has 0 saturated carbocycles. The Hall–Kier alpha value is -1.11. The molecule has 0 spiro atoms. The van der Waals surface area contributed by atoms with Crippen LogP contribution in [0.1, 0.15) is 20.3 Å². The lowest BCUT2D eigenvalue weighted by molar-refractivity contribution is 0.388. The number of fused-ring (bicyclic) bond motifs is 1. The molecule has 3 rings (SSSR count). The molecule has 3 heterocycles. The normalized spacial score (nSPS) is 20.7. The third-order valence-electron chi connectivity index (χ3n) is 4.16. The van der Waals surface area contributed by atoms with E-state index < -0.39 is 10.0 Å². The van der Waals surface area contributed by atoms with Crippen molar-refractivity contribution in [2.45, 2.75) is 25.3 Å². The van der Waals surface area contributed by atoms with Gasteiger partial charge in [-0.05, 0) is 30.4 Å². The zero-order valence-corrected chi connectivity index (χ0v) is 13.6. The highest BCUT2D eigenvalue weighted by atomic mass is 35.5. The average Bonchev–Trinajstić information content (AvgIpc) is 3.02. The third-order valence-corrected chi connectivity index (χ3v) is 6.43. The molecule has 1 aliphatic rings. The van der Waals surface area contributed by atoms with E-state index in [4.69, 9.17) is 11.6 Å². The first-order valence-electron chi connectivity index (χ1n) is 7.04. The van der Waals surface area contributed by atoms with Crippen LogP contribution in [0.2, 0.25) is 5.15 Å². The minimum absolute atomic E-state index is 0.0363. The molecular formula is C14H18ClN3O2S. The fourth-order valence-corrected chi connectivity index (χ4v) is 4.92. The fourth-order valence-electron chi connectivity index (χ4n) is 2.81. The molecule has 7 heteroatoms. The van der Waals surface area contributed by atoms with Gasteiger partial charge < -0.3 is 0 Å². The number of imidazole rings is 1. The van der Waals surface area contributed by atoms with Crippen molar-refractivity contribution in [3.05, 3.63) is 29.5 Å². The molecule has 114 valence electrons. The summed E-state index contributed by atoms with van der Waals surface area (Å²) >= 11 is 6.09. The summed E-state index contributed by atoms with van der Waals surface area (Å²) < 4.78 is 28.8. The monoisotopic (exact) mass is 327 g/mol. The summed E-state index contributed by atoms with van der Waals surface area (Å²) in [4.78, 5) is 4.13. The van der Waals surface area contributed by atoms with Crippen LogP contribution in [0.5, 0.6) is 0 Å². The Balaban J connectivity index is 2.04. The van der Waals surface area contributed by atoms with Gasteiger partial charge in [0.1, 0.15) is 5.65 Å². The highest BCUT2D eigenvalue weighted by molar-refractivity contribution is 7.89. The van der Waals surface area contributed by atoms with E-state index in [0.29, 0.717) is 30.6 Å². The Morgan fingerprint density at radius 3 is 2.81 bits per heavy atom. The molecule has 0 bridgehead atoms. The molecule has 5 nitrogen and oxygen atoms in total. The fraction of sp³-hybridized carbons (Fsp3) is 0.500. The van der Waals surface area contributed by atoms with Crippen molar-refractivity contribution in [1.29, 1.82) is 0 Å². The van der Waals surface area contributed by atoms with Crippen molar-refractivity contribution in [1.82, 2.24) is 13.7 Å². The van der Waals surface area contributed by atoms with Crippen molar-refractivity contribution in [2.24, 2.45) is 11.8 Å². The van der Waals surface area contributed by atoms with Gasteiger partial charge in [0.25, 0.3) is 10.0 Å². The summed E-state index contributed by atoms with van der Waals surface area (Å²) in [6, 6.07) is 5.32. The Morgan fingerprint density at radius 1 is 1.38 bits per heavy atom. The molecule has 0 aromatic carbocycles. The summed E-state index contributed by atoms with van der Waals surface area (Å²) in [5.41, 5.74) is 0.542. The highest BCUT2D eigenvalue weighted by Gasteiger charge is 2.37. The van der Waals surface area contributed by atoms with E-state index >= 15 is 0 Å².